The fourth-order valence-corrected chi connectivity index (χ4v) is 2.07. The molecule has 1 aromatic rings. The van der Waals surface area contributed by atoms with Gasteiger partial charge in [-0.05, 0) is 6.42 Å². The van der Waals surface area contributed by atoms with Gasteiger partial charge in [0, 0.05) is 14.2 Å². The van der Waals surface area contributed by atoms with Crippen molar-refractivity contribution in [3.05, 3.63) is 16.9 Å². The van der Waals surface area contributed by atoms with Gasteiger partial charge in [0.2, 0.25) is 0 Å². The molecular formula is C11H19ClN2O3. The van der Waals surface area contributed by atoms with E-state index in [1.165, 1.54) is 6.20 Å². The minimum absolute atomic E-state index is 0.182. The first kappa shape index (κ1) is 14.4. The van der Waals surface area contributed by atoms with Crippen molar-refractivity contribution in [3.63, 3.8) is 0 Å². The third kappa shape index (κ3) is 3.19. The van der Waals surface area contributed by atoms with Gasteiger partial charge in [-0.2, -0.15) is 5.10 Å². The van der Waals surface area contributed by atoms with Crippen molar-refractivity contribution in [3.8, 4) is 0 Å². The van der Waals surface area contributed by atoms with Crippen LogP contribution in [0.3, 0.4) is 0 Å². The average Bonchev–Trinajstić information content (AvgIpc) is 2.68. The van der Waals surface area contributed by atoms with Crippen LogP contribution in [0.2, 0.25) is 5.02 Å². The largest absolute Gasteiger partial charge is 0.383 e. The lowest BCUT2D eigenvalue weighted by Gasteiger charge is -2.27. The van der Waals surface area contributed by atoms with E-state index in [2.05, 4.69) is 5.10 Å². The van der Waals surface area contributed by atoms with E-state index < -0.39 is 5.60 Å². The van der Waals surface area contributed by atoms with Crippen molar-refractivity contribution in [1.29, 1.82) is 0 Å². The molecular weight excluding hydrogens is 244 g/mol. The van der Waals surface area contributed by atoms with E-state index in [4.69, 9.17) is 21.1 Å². The highest BCUT2D eigenvalue weighted by Gasteiger charge is 2.33. The molecule has 6 heteroatoms. The fourth-order valence-electron chi connectivity index (χ4n) is 1.75. The van der Waals surface area contributed by atoms with Crippen molar-refractivity contribution in [1.82, 2.24) is 9.78 Å². The molecule has 1 heterocycles. The Labute approximate surface area is 106 Å². The molecule has 98 valence electrons. The lowest BCUT2D eigenvalue weighted by Crippen LogP contribution is -2.34. The highest BCUT2D eigenvalue weighted by molar-refractivity contribution is 6.31. The monoisotopic (exact) mass is 262 g/mol. The molecule has 0 saturated carbocycles. The van der Waals surface area contributed by atoms with Gasteiger partial charge in [0.05, 0.1) is 36.7 Å². The van der Waals surface area contributed by atoms with Gasteiger partial charge in [0.1, 0.15) is 5.60 Å². The predicted octanol–water partition coefficient (Wildman–Crippen LogP) is 1.43. The first-order valence-corrected chi connectivity index (χ1v) is 5.89. The van der Waals surface area contributed by atoms with E-state index in [1.807, 2.05) is 6.92 Å². The van der Waals surface area contributed by atoms with Crippen LogP contribution in [0.25, 0.3) is 0 Å². The number of nitrogens with zero attached hydrogens (tertiary/aromatic N) is 2. The number of methoxy groups -OCH3 is 2. The van der Waals surface area contributed by atoms with E-state index in [0.717, 1.165) is 0 Å². The fraction of sp³-hybridized carbons (Fsp3) is 0.727. The lowest BCUT2D eigenvalue weighted by atomic mass is 9.97. The summed E-state index contributed by atoms with van der Waals surface area (Å²) in [4.78, 5) is 0. The van der Waals surface area contributed by atoms with Gasteiger partial charge in [0.25, 0.3) is 0 Å². The zero-order valence-electron chi connectivity index (χ0n) is 10.4. The molecule has 0 aromatic carbocycles. The number of halogens is 1. The van der Waals surface area contributed by atoms with Crippen LogP contribution in [0.4, 0.5) is 0 Å². The quantitative estimate of drug-likeness (QED) is 0.808. The van der Waals surface area contributed by atoms with Gasteiger partial charge in [-0.3, -0.25) is 4.68 Å². The molecule has 5 nitrogen and oxygen atoms in total. The molecule has 0 radical (unpaired) electrons. The average molecular weight is 263 g/mol. The van der Waals surface area contributed by atoms with E-state index in [-0.39, 0.29) is 6.61 Å². The van der Waals surface area contributed by atoms with Crippen LogP contribution in [-0.4, -0.2) is 42.3 Å². The summed E-state index contributed by atoms with van der Waals surface area (Å²) < 4.78 is 11.7. The molecule has 0 aliphatic heterocycles. The van der Waals surface area contributed by atoms with Crippen LogP contribution in [0.5, 0.6) is 0 Å². The van der Waals surface area contributed by atoms with Crippen LogP contribution < -0.4 is 0 Å². The van der Waals surface area contributed by atoms with Gasteiger partial charge in [-0.1, -0.05) is 18.5 Å². The molecule has 17 heavy (non-hydrogen) atoms. The summed E-state index contributed by atoms with van der Waals surface area (Å²) in [5.41, 5.74) is -0.531. The molecule has 1 atom stereocenters. The van der Waals surface area contributed by atoms with Crippen molar-refractivity contribution in [2.45, 2.75) is 25.5 Å². The summed E-state index contributed by atoms with van der Waals surface area (Å²) in [6.45, 7) is 3.12. The number of hydrogen-bond donors (Lipinski definition) is 1. The normalized spacial score (nSPS) is 14.9. The summed E-state index contributed by atoms with van der Waals surface area (Å²) in [5, 5.41) is 15.1. The highest BCUT2D eigenvalue weighted by atomic mass is 35.5. The van der Waals surface area contributed by atoms with Crippen molar-refractivity contribution < 1.29 is 14.6 Å². The van der Waals surface area contributed by atoms with Gasteiger partial charge in [0.15, 0.2) is 0 Å². The molecule has 0 bridgehead atoms. The Morgan fingerprint density at radius 2 is 2.18 bits per heavy atom. The Morgan fingerprint density at radius 1 is 1.47 bits per heavy atom. The van der Waals surface area contributed by atoms with Crippen molar-refractivity contribution in [2.75, 3.05) is 27.4 Å². The molecule has 0 saturated heterocycles. The smallest absolute Gasteiger partial charge is 0.131 e. The van der Waals surface area contributed by atoms with E-state index in [0.29, 0.717) is 30.3 Å². The maximum atomic E-state index is 10.5. The van der Waals surface area contributed by atoms with E-state index >= 15 is 0 Å². The van der Waals surface area contributed by atoms with Gasteiger partial charge >= 0.3 is 0 Å². The zero-order valence-corrected chi connectivity index (χ0v) is 11.2. The SMILES string of the molecule is CCC(O)(COC)c1c(Cl)cnn1CCOC. The van der Waals surface area contributed by atoms with Crippen molar-refractivity contribution >= 4 is 11.6 Å². The third-order valence-corrected chi connectivity index (χ3v) is 2.99. The Morgan fingerprint density at radius 3 is 2.71 bits per heavy atom. The second-order valence-electron chi connectivity index (χ2n) is 3.88. The minimum atomic E-state index is -1.12. The Bertz CT molecular complexity index is 356. The third-order valence-electron chi connectivity index (χ3n) is 2.71. The summed E-state index contributed by atoms with van der Waals surface area (Å²) in [5.74, 6) is 0. The number of aromatic nitrogens is 2. The predicted molar refractivity (Wildman–Crippen MR) is 65.2 cm³/mol. The van der Waals surface area contributed by atoms with E-state index in [1.54, 1.807) is 18.9 Å². The van der Waals surface area contributed by atoms with Crippen LogP contribution in [0.15, 0.2) is 6.20 Å². The Balaban J connectivity index is 3.04. The first-order valence-electron chi connectivity index (χ1n) is 5.51. The molecule has 1 N–H and O–H groups in total. The summed E-state index contributed by atoms with van der Waals surface area (Å²) >= 11 is 6.08. The maximum Gasteiger partial charge on any atom is 0.131 e. The van der Waals surface area contributed by atoms with Gasteiger partial charge in [-0.25, -0.2) is 0 Å². The number of hydrogen-bond acceptors (Lipinski definition) is 4. The standard InChI is InChI=1S/C11H19ClN2O3/c1-4-11(15,8-17-3)10-9(12)7-13-14(10)5-6-16-2/h7,15H,4-6,8H2,1-3H3. The summed E-state index contributed by atoms with van der Waals surface area (Å²) in [6, 6.07) is 0. The van der Waals surface area contributed by atoms with Crippen LogP contribution in [0.1, 0.15) is 19.0 Å². The lowest BCUT2D eigenvalue weighted by molar-refractivity contribution is -0.0453. The number of ether oxygens (including phenoxy) is 2. The number of rotatable bonds is 7. The van der Waals surface area contributed by atoms with Gasteiger partial charge < -0.3 is 14.6 Å². The molecule has 0 spiro atoms. The Kier molecular flexibility index (Phi) is 5.39. The topological polar surface area (TPSA) is 56.5 Å². The molecule has 0 fully saturated rings. The molecule has 0 aliphatic rings. The maximum absolute atomic E-state index is 10.5. The Hall–Kier alpha value is -0.620. The summed E-state index contributed by atoms with van der Waals surface area (Å²) in [6.07, 6.45) is 2.03. The number of aliphatic hydroxyl groups is 1. The first-order chi connectivity index (χ1) is 8.09. The molecule has 1 unspecified atom stereocenters. The zero-order chi connectivity index (χ0) is 12.9. The van der Waals surface area contributed by atoms with Crippen molar-refractivity contribution in [2.24, 2.45) is 0 Å². The second-order valence-corrected chi connectivity index (χ2v) is 4.28. The molecule has 1 rings (SSSR count). The van der Waals surface area contributed by atoms with Crippen LogP contribution >= 0.6 is 11.6 Å². The van der Waals surface area contributed by atoms with Crippen LogP contribution in [0, 0.1) is 0 Å². The highest BCUT2D eigenvalue weighted by Crippen LogP contribution is 2.31. The van der Waals surface area contributed by atoms with Gasteiger partial charge in [-0.15, -0.1) is 0 Å². The minimum Gasteiger partial charge on any atom is -0.383 e. The van der Waals surface area contributed by atoms with Crippen LogP contribution in [-0.2, 0) is 21.6 Å². The molecule has 1 aromatic heterocycles. The molecule has 0 amide bonds. The second kappa shape index (κ2) is 6.35. The van der Waals surface area contributed by atoms with E-state index in [9.17, 15) is 5.11 Å². The summed E-state index contributed by atoms with van der Waals surface area (Å²) in [7, 11) is 3.16. The molecule has 0 aliphatic carbocycles.